The Kier molecular flexibility index (Phi) is 2.19. The van der Waals surface area contributed by atoms with Gasteiger partial charge in [-0.2, -0.15) is 0 Å². The molecule has 0 atom stereocenters. The molecule has 1 fully saturated rings. The minimum absolute atomic E-state index is 0.0526. The quantitative estimate of drug-likeness (QED) is 0.754. The van der Waals surface area contributed by atoms with Gasteiger partial charge < -0.3 is 9.84 Å². The van der Waals surface area contributed by atoms with Crippen LogP contribution in [0.15, 0.2) is 24.3 Å². The number of ether oxygens (including phenoxy) is 1. The van der Waals surface area contributed by atoms with Crippen LogP contribution in [0.1, 0.15) is 12.8 Å². The Hall–Kier alpha value is -1.09. The van der Waals surface area contributed by atoms with Crippen LogP contribution >= 0.6 is 0 Å². The standard InChI is InChI=1S/C10H11FO2/c11-7-2-1-3-9(4-7)13-10-5-8(12)6-10/h1-4,8,10,12H,5-6H2. The first-order valence-electron chi connectivity index (χ1n) is 4.34. The molecule has 2 nitrogen and oxygen atoms in total. The Morgan fingerprint density at radius 1 is 1.38 bits per heavy atom. The van der Waals surface area contributed by atoms with Crippen LogP contribution in [0, 0.1) is 5.82 Å². The average Bonchev–Trinajstić information content (AvgIpc) is 2.01. The van der Waals surface area contributed by atoms with E-state index in [4.69, 9.17) is 9.84 Å². The minimum atomic E-state index is -0.294. The van der Waals surface area contributed by atoms with Crippen LogP contribution in [-0.4, -0.2) is 17.3 Å². The number of benzene rings is 1. The topological polar surface area (TPSA) is 29.5 Å². The molecule has 2 rings (SSSR count). The lowest BCUT2D eigenvalue weighted by atomic mass is 9.92. The second-order valence-electron chi connectivity index (χ2n) is 3.32. The van der Waals surface area contributed by atoms with E-state index < -0.39 is 0 Å². The molecule has 0 saturated heterocycles. The summed E-state index contributed by atoms with van der Waals surface area (Å²) in [6.45, 7) is 0. The molecule has 1 aliphatic carbocycles. The van der Waals surface area contributed by atoms with E-state index in [-0.39, 0.29) is 18.0 Å². The third kappa shape index (κ3) is 1.98. The Labute approximate surface area is 76.0 Å². The molecule has 0 radical (unpaired) electrons. The number of aliphatic hydroxyl groups excluding tert-OH is 1. The van der Waals surface area contributed by atoms with Crippen molar-refractivity contribution in [1.82, 2.24) is 0 Å². The summed E-state index contributed by atoms with van der Waals surface area (Å²) < 4.78 is 18.1. The summed E-state index contributed by atoms with van der Waals surface area (Å²) in [5.74, 6) is 0.245. The Morgan fingerprint density at radius 3 is 2.77 bits per heavy atom. The number of hydrogen-bond donors (Lipinski definition) is 1. The zero-order valence-electron chi connectivity index (χ0n) is 7.11. The predicted molar refractivity (Wildman–Crippen MR) is 46.1 cm³/mol. The molecular weight excluding hydrogens is 171 g/mol. The van der Waals surface area contributed by atoms with Crippen molar-refractivity contribution in [3.63, 3.8) is 0 Å². The molecule has 0 spiro atoms. The Balaban J connectivity index is 1.94. The van der Waals surface area contributed by atoms with Gasteiger partial charge in [0.1, 0.15) is 17.7 Å². The van der Waals surface area contributed by atoms with E-state index in [1.807, 2.05) is 0 Å². The zero-order valence-corrected chi connectivity index (χ0v) is 7.11. The van der Waals surface area contributed by atoms with Crippen LogP contribution in [0.3, 0.4) is 0 Å². The van der Waals surface area contributed by atoms with Gasteiger partial charge in [0.15, 0.2) is 0 Å². The van der Waals surface area contributed by atoms with Crippen molar-refractivity contribution >= 4 is 0 Å². The highest BCUT2D eigenvalue weighted by Gasteiger charge is 2.28. The van der Waals surface area contributed by atoms with Gasteiger partial charge in [0.25, 0.3) is 0 Å². The van der Waals surface area contributed by atoms with E-state index in [0.717, 1.165) is 0 Å². The van der Waals surface area contributed by atoms with Gasteiger partial charge in [-0.3, -0.25) is 0 Å². The molecule has 0 heterocycles. The van der Waals surface area contributed by atoms with E-state index >= 15 is 0 Å². The zero-order chi connectivity index (χ0) is 9.26. The molecule has 0 aromatic heterocycles. The molecule has 0 amide bonds. The van der Waals surface area contributed by atoms with Gasteiger partial charge in [-0.1, -0.05) is 6.07 Å². The fraction of sp³-hybridized carbons (Fsp3) is 0.400. The van der Waals surface area contributed by atoms with E-state index in [0.29, 0.717) is 18.6 Å². The third-order valence-corrected chi connectivity index (χ3v) is 2.17. The van der Waals surface area contributed by atoms with Crippen molar-refractivity contribution in [3.8, 4) is 5.75 Å². The van der Waals surface area contributed by atoms with Gasteiger partial charge in [0.2, 0.25) is 0 Å². The average molecular weight is 182 g/mol. The number of aliphatic hydroxyl groups is 1. The van der Waals surface area contributed by atoms with Gasteiger partial charge in [-0.05, 0) is 12.1 Å². The smallest absolute Gasteiger partial charge is 0.126 e. The summed E-state index contributed by atoms with van der Waals surface area (Å²) in [4.78, 5) is 0. The first-order valence-corrected chi connectivity index (χ1v) is 4.34. The summed E-state index contributed by atoms with van der Waals surface area (Å²) in [6.07, 6.45) is 1.11. The van der Waals surface area contributed by atoms with Crippen LogP contribution in [0.5, 0.6) is 5.75 Å². The van der Waals surface area contributed by atoms with E-state index in [9.17, 15) is 4.39 Å². The summed E-state index contributed by atoms with van der Waals surface area (Å²) >= 11 is 0. The molecule has 0 bridgehead atoms. The maximum Gasteiger partial charge on any atom is 0.126 e. The largest absolute Gasteiger partial charge is 0.490 e. The van der Waals surface area contributed by atoms with Crippen molar-refractivity contribution < 1.29 is 14.2 Å². The summed E-state index contributed by atoms with van der Waals surface area (Å²) in [6, 6.07) is 6.06. The van der Waals surface area contributed by atoms with Crippen LogP contribution in [0.2, 0.25) is 0 Å². The van der Waals surface area contributed by atoms with E-state index in [1.54, 1.807) is 12.1 Å². The second kappa shape index (κ2) is 3.34. The molecule has 0 aliphatic heterocycles. The van der Waals surface area contributed by atoms with Crippen LogP contribution < -0.4 is 4.74 Å². The molecule has 13 heavy (non-hydrogen) atoms. The molecule has 1 aromatic carbocycles. The van der Waals surface area contributed by atoms with Crippen molar-refractivity contribution in [1.29, 1.82) is 0 Å². The van der Waals surface area contributed by atoms with Crippen LogP contribution in [-0.2, 0) is 0 Å². The predicted octanol–water partition coefficient (Wildman–Crippen LogP) is 1.73. The van der Waals surface area contributed by atoms with Gasteiger partial charge >= 0.3 is 0 Å². The van der Waals surface area contributed by atoms with Crippen molar-refractivity contribution in [2.45, 2.75) is 25.0 Å². The van der Waals surface area contributed by atoms with E-state index in [1.165, 1.54) is 12.1 Å². The second-order valence-corrected chi connectivity index (χ2v) is 3.32. The van der Waals surface area contributed by atoms with Gasteiger partial charge in [-0.25, -0.2) is 4.39 Å². The molecule has 1 aliphatic rings. The highest BCUT2D eigenvalue weighted by Crippen LogP contribution is 2.25. The molecule has 1 aromatic rings. The lowest BCUT2D eigenvalue weighted by Crippen LogP contribution is -2.37. The normalized spacial score (nSPS) is 26.6. The Morgan fingerprint density at radius 2 is 2.15 bits per heavy atom. The molecule has 70 valence electrons. The van der Waals surface area contributed by atoms with Gasteiger partial charge in [0.05, 0.1) is 6.10 Å². The highest BCUT2D eigenvalue weighted by atomic mass is 19.1. The van der Waals surface area contributed by atoms with Crippen molar-refractivity contribution in [2.24, 2.45) is 0 Å². The van der Waals surface area contributed by atoms with Gasteiger partial charge in [0, 0.05) is 18.9 Å². The number of hydrogen-bond acceptors (Lipinski definition) is 2. The fourth-order valence-electron chi connectivity index (χ4n) is 1.37. The summed E-state index contributed by atoms with van der Waals surface area (Å²) in [7, 11) is 0. The SMILES string of the molecule is OC1CC(Oc2cccc(F)c2)C1. The molecular formula is C10H11FO2. The highest BCUT2D eigenvalue weighted by molar-refractivity contribution is 5.22. The lowest BCUT2D eigenvalue weighted by molar-refractivity contribution is -0.0108. The fourth-order valence-corrected chi connectivity index (χ4v) is 1.37. The molecule has 1 saturated carbocycles. The van der Waals surface area contributed by atoms with Crippen LogP contribution in [0.25, 0.3) is 0 Å². The molecule has 3 heteroatoms. The Bertz CT molecular complexity index is 295. The van der Waals surface area contributed by atoms with Gasteiger partial charge in [-0.15, -0.1) is 0 Å². The maximum atomic E-state index is 12.7. The first kappa shape index (κ1) is 8.51. The minimum Gasteiger partial charge on any atom is -0.490 e. The summed E-state index contributed by atoms with van der Waals surface area (Å²) in [5, 5.41) is 9.00. The van der Waals surface area contributed by atoms with E-state index in [2.05, 4.69) is 0 Å². The summed E-state index contributed by atoms with van der Waals surface area (Å²) in [5.41, 5.74) is 0. The molecule has 0 unspecified atom stereocenters. The van der Waals surface area contributed by atoms with Crippen molar-refractivity contribution in [2.75, 3.05) is 0 Å². The van der Waals surface area contributed by atoms with Crippen molar-refractivity contribution in [3.05, 3.63) is 30.1 Å². The third-order valence-electron chi connectivity index (χ3n) is 2.17. The first-order chi connectivity index (χ1) is 6.24. The number of rotatable bonds is 2. The number of halogens is 1. The molecule has 1 N–H and O–H groups in total. The maximum absolute atomic E-state index is 12.7. The lowest BCUT2D eigenvalue weighted by Gasteiger charge is -2.31. The van der Waals surface area contributed by atoms with Crippen LogP contribution in [0.4, 0.5) is 4.39 Å². The monoisotopic (exact) mass is 182 g/mol.